The van der Waals surface area contributed by atoms with Gasteiger partial charge < -0.3 is 14.6 Å². The molecular weight excluding hydrogens is 390 g/mol. The molecule has 2 aromatic carbocycles. The lowest BCUT2D eigenvalue weighted by Gasteiger charge is -2.34. The van der Waals surface area contributed by atoms with E-state index in [2.05, 4.69) is 4.98 Å². The summed E-state index contributed by atoms with van der Waals surface area (Å²) in [6.45, 7) is 6.73. The third-order valence-electron chi connectivity index (χ3n) is 5.52. The molecule has 3 aromatic rings. The Labute approximate surface area is 182 Å². The number of hydrogen-bond donors (Lipinski definition) is 1. The Bertz CT molecular complexity index is 1090. The predicted octanol–water partition coefficient (Wildman–Crippen LogP) is 5.08. The second kappa shape index (κ2) is 8.46. The lowest BCUT2D eigenvalue weighted by atomic mass is 10.0. The molecule has 1 fully saturated rings. The molecule has 162 valence electrons. The first kappa shape index (κ1) is 21.0. The minimum Gasteiger partial charge on any atom is -0.444 e. The molecule has 4 rings (SSSR count). The van der Waals surface area contributed by atoms with Gasteiger partial charge in [-0.25, -0.2) is 9.59 Å². The van der Waals surface area contributed by atoms with Crippen LogP contribution in [0, 0.1) is 0 Å². The molecule has 0 saturated carbocycles. The van der Waals surface area contributed by atoms with Gasteiger partial charge in [-0.3, -0.25) is 4.57 Å². The lowest BCUT2D eigenvalue weighted by Crippen LogP contribution is -2.43. The number of aromatic amines is 1. The molecule has 1 saturated heterocycles. The zero-order chi connectivity index (χ0) is 22.0. The molecular formula is C25H29N3O3. The molecule has 0 unspecified atom stereocenters. The van der Waals surface area contributed by atoms with Gasteiger partial charge in [-0.1, -0.05) is 60.7 Å². The van der Waals surface area contributed by atoms with Gasteiger partial charge in [-0.15, -0.1) is 0 Å². The Balaban J connectivity index is 1.66. The first-order chi connectivity index (χ1) is 14.8. The zero-order valence-electron chi connectivity index (χ0n) is 18.3. The SMILES string of the molecule is CC(C)(C)OC(=O)N1CCC(n2c(-c3ccccc3)c(-c3ccccc3)[nH]c2=O)CC1. The van der Waals surface area contributed by atoms with Crippen LogP contribution in [0.3, 0.4) is 0 Å². The Morgan fingerprint density at radius 1 is 0.935 bits per heavy atom. The third kappa shape index (κ3) is 4.58. The van der Waals surface area contributed by atoms with Crippen molar-refractivity contribution in [1.29, 1.82) is 0 Å². The molecule has 1 aliphatic heterocycles. The number of benzene rings is 2. The van der Waals surface area contributed by atoms with E-state index in [-0.39, 0.29) is 17.8 Å². The number of nitrogens with zero attached hydrogens (tertiary/aromatic N) is 2. The summed E-state index contributed by atoms with van der Waals surface area (Å²) in [7, 11) is 0. The number of ether oxygens (including phenoxy) is 1. The lowest BCUT2D eigenvalue weighted by molar-refractivity contribution is 0.0188. The largest absolute Gasteiger partial charge is 0.444 e. The maximum absolute atomic E-state index is 13.1. The quantitative estimate of drug-likeness (QED) is 0.644. The maximum Gasteiger partial charge on any atom is 0.410 e. The summed E-state index contributed by atoms with van der Waals surface area (Å²) in [6.07, 6.45) is 1.11. The number of piperidine rings is 1. The van der Waals surface area contributed by atoms with Crippen molar-refractivity contribution in [3.05, 3.63) is 71.1 Å². The molecule has 6 nitrogen and oxygen atoms in total. The van der Waals surface area contributed by atoms with Gasteiger partial charge in [0.2, 0.25) is 0 Å². The van der Waals surface area contributed by atoms with E-state index < -0.39 is 5.60 Å². The number of imidazole rings is 1. The number of carbonyl (C=O) groups is 1. The van der Waals surface area contributed by atoms with Crippen LogP contribution < -0.4 is 5.69 Å². The second-order valence-electron chi connectivity index (χ2n) is 8.95. The topological polar surface area (TPSA) is 67.3 Å². The molecule has 1 aliphatic rings. The van der Waals surface area contributed by atoms with Gasteiger partial charge in [0.1, 0.15) is 5.60 Å². The molecule has 1 aromatic heterocycles. The first-order valence-electron chi connectivity index (χ1n) is 10.8. The standard InChI is InChI=1S/C25H29N3O3/c1-25(2,3)31-24(30)27-16-14-20(15-17-27)28-22(19-12-8-5-9-13-19)21(26-23(28)29)18-10-6-4-7-11-18/h4-13,20H,14-17H2,1-3H3,(H,26,29). The van der Waals surface area contributed by atoms with Crippen molar-refractivity contribution in [2.45, 2.75) is 45.3 Å². The number of amides is 1. The zero-order valence-corrected chi connectivity index (χ0v) is 18.3. The van der Waals surface area contributed by atoms with Gasteiger partial charge in [0.25, 0.3) is 0 Å². The summed E-state index contributed by atoms with van der Waals surface area (Å²) in [4.78, 5) is 30.4. The van der Waals surface area contributed by atoms with Gasteiger partial charge >= 0.3 is 11.8 Å². The fourth-order valence-corrected chi connectivity index (χ4v) is 4.12. The van der Waals surface area contributed by atoms with Gasteiger partial charge in [0.05, 0.1) is 11.4 Å². The number of carbonyl (C=O) groups excluding carboxylic acids is 1. The van der Waals surface area contributed by atoms with Crippen LogP contribution >= 0.6 is 0 Å². The Morgan fingerprint density at radius 2 is 1.48 bits per heavy atom. The minimum absolute atomic E-state index is 0.00936. The number of hydrogen-bond acceptors (Lipinski definition) is 3. The maximum atomic E-state index is 13.1. The number of H-pyrrole nitrogens is 1. The van der Waals surface area contributed by atoms with E-state index in [1.807, 2.05) is 86.0 Å². The normalized spacial score (nSPS) is 15.1. The molecule has 0 aliphatic carbocycles. The van der Waals surface area contributed by atoms with Crippen LogP contribution in [-0.4, -0.2) is 39.2 Å². The van der Waals surface area contributed by atoms with E-state index in [9.17, 15) is 9.59 Å². The highest BCUT2D eigenvalue weighted by molar-refractivity contribution is 5.78. The average molecular weight is 420 g/mol. The Kier molecular flexibility index (Phi) is 5.72. The number of aromatic nitrogens is 2. The molecule has 0 bridgehead atoms. The molecule has 2 heterocycles. The van der Waals surface area contributed by atoms with Crippen LogP contribution in [0.2, 0.25) is 0 Å². The molecule has 6 heteroatoms. The highest BCUT2D eigenvalue weighted by atomic mass is 16.6. The van der Waals surface area contributed by atoms with Gasteiger partial charge in [0, 0.05) is 30.3 Å². The van der Waals surface area contributed by atoms with E-state index in [0.29, 0.717) is 25.9 Å². The smallest absolute Gasteiger partial charge is 0.410 e. The van der Waals surface area contributed by atoms with E-state index in [4.69, 9.17) is 4.74 Å². The third-order valence-corrected chi connectivity index (χ3v) is 5.52. The van der Waals surface area contributed by atoms with Crippen LogP contribution in [0.5, 0.6) is 0 Å². The second-order valence-corrected chi connectivity index (χ2v) is 8.95. The van der Waals surface area contributed by atoms with E-state index in [0.717, 1.165) is 22.5 Å². The highest BCUT2D eigenvalue weighted by Gasteiger charge is 2.30. The van der Waals surface area contributed by atoms with E-state index in [1.54, 1.807) is 4.90 Å². The molecule has 0 spiro atoms. The summed E-state index contributed by atoms with van der Waals surface area (Å²) in [5.74, 6) is 0. The summed E-state index contributed by atoms with van der Waals surface area (Å²) in [5, 5.41) is 0. The molecule has 0 radical (unpaired) electrons. The predicted molar refractivity (Wildman–Crippen MR) is 122 cm³/mol. The first-order valence-corrected chi connectivity index (χ1v) is 10.8. The summed E-state index contributed by atoms with van der Waals surface area (Å²) in [6, 6.07) is 19.9. The minimum atomic E-state index is -0.517. The van der Waals surface area contributed by atoms with Crippen LogP contribution in [0.15, 0.2) is 65.5 Å². The van der Waals surface area contributed by atoms with Gasteiger partial charge in [0.15, 0.2) is 0 Å². The van der Waals surface area contributed by atoms with Crippen LogP contribution in [0.4, 0.5) is 4.79 Å². The monoisotopic (exact) mass is 419 g/mol. The fraction of sp³-hybridized carbons (Fsp3) is 0.360. The number of likely N-dealkylation sites (tertiary alicyclic amines) is 1. The van der Waals surface area contributed by atoms with Crippen LogP contribution in [0.1, 0.15) is 39.7 Å². The van der Waals surface area contributed by atoms with Crippen molar-refractivity contribution >= 4 is 6.09 Å². The van der Waals surface area contributed by atoms with Crippen molar-refractivity contribution in [1.82, 2.24) is 14.5 Å². The molecule has 31 heavy (non-hydrogen) atoms. The molecule has 0 atom stereocenters. The summed E-state index contributed by atoms with van der Waals surface area (Å²) >= 11 is 0. The van der Waals surface area contributed by atoms with Crippen molar-refractivity contribution in [3.8, 4) is 22.5 Å². The molecule has 1 N–H and O–H groups in total. The highest BCUT2D eigenvalue weighted by Crippen LogP contribution is 2.34. The van der Waals surface area contributed by atoms with Gasteiger partial charge in [-0.05, 0) is 33.6 Å². The molecule has 1 amide bonds. The van der Waals surface area contributed by atoms with Crippen LogP contribution in [0.25, 0.3) is 22.5 Å². The average Bonchev–Trinajstić information content (AvgIpc) is 3.11. The van der Waals surface area contributed by atoms with Gasteiger partial charge in [-0.2, -0.15) is 0 Å². The van der Waals surface area contributed by atoms with Crippen molar-refractivity contribution in [2.75, 3.05) is 13.1 Å². The summed E-state index contributed by atoms with van der Waals surface area (Å²) in [5.41, 5.74) is 3.06. The van der Waals surface area contributed by atoms with Crippen molar-refractivity contribution in [2.24, 2.45) is 0 Å². The van der Waals surface area contributed by atoms with Crippen LogP contribution in [-0.2, 0) is 4.74 Å². The fourth-order valence-electron chi connectivity index (χ4n) is 4.12. The van der Waals surface area contributed by atoms with Crippen molar-refractivity contribution in [3.63, 3.8) is 0 Å². The Morgan fingerprint density at radius 3 is 2.03 bits per heavy atom. The van der Waals surface area contributed by atoms with Crippen molar-refractivity contribution < 1.29 is 9.53 Å². The van der Waals surface area contributed by atoms with E-state index >= 15 is 0 Å². The number of rotatable bonds is 3. The number of nitrogens with one attached hydrogen (secondary N) is 1. The Hall–Kier alpha value is -3.28. The summed E-state index contributed by atoms with van der Waals surface area (Å²) < 4.78 is 7.39. The van der Waals surface area contributed by atoms with E-state index in [1.165, 1.54) is 0 Å².